The zero-order valence-electron chi connectivity index (χ0n) is 14.4. The topological polar surface area (TPSA) is 58.2 Å². The number of fused-ring (bicyclic) bond motifs is 1. The van der Waals surface area contributed by atoms with E-state index in [1.54, 1.807) is 0 Å². The van der Waals surface area contributed by atoms with Gasteiger partial charge in [-0.1, -0.05) is 19.8 Å². The van der Waals surface area contributed by atoms with Crippen molar-refractivity contribution < 1.29 is 22.8 Å². The molecule has 1 aliphatic carbocycles. The molecule has 2 amide bonds. The quantitative estimate of drug-likeness (QED) is 0.818. The summed E-state index contributed by atoms with van der Waals surface area (Å²) in [6, 6.07) is 3.40. The second-order valence-corrected chi connectivity index (χ2v) is 8.19. The standard InChI is InChI=1S/C18H21F3N2O2S/c1-10-4-2-3-5-12(10)22-16(24)9-15-17(25)23-13-8-11(18(19,20)21)6-7-14(13)26-15/h6-8,10,12,15H,2-5,9H2,1H3,(H,22,24)(H,23,25). The van der Waals surface area contributed by atoms with Crippen molar-refractivity contribution in [2.45, 2.75) is 61.4 Å². The molecule has 0 radical (unpaired) electrons. The molecule has 1 fully saturated rings. The molecule has 0 bridgehead atoms. The number of anilines is 1. The highest BCUT2D eigenvalue weighted by atomic mass is 32.2. The Hall–Kier alpha value is -1.70. The van der Waals surface area contributed by atoms with Crippen LogP contribution in [-0.2, 0) is 15.8 Å². The second kappa shape index (κ2) is 7.50. The van der Waals surface area contributed by atoms with E-state index in [0.29, 0.717) is 10.8 Å². The Morgan fingerprint density at radius 1 is 1.31 bits per heavy atom. The van der Waals surface area contributed by atoms with Crippen molar-refractivity contribution in [1.29, 1.82) is 0 Å². The number of halogens is 3. The third kappa shape index (κ3) is 4.34. The predicted molar refractivity (Wildman–Crippen MR) is 93.9 cm³/mol. The molecule has 0 spiro atoms. The number of carbonyl (C=O) groups excluding carboxylic acids is 2. The zero-order chi connectivity index (χ0) is 18.9. The molecule has 2 N–H and O–H groups in total. The van der Waals surface area contributed by atoms with Crippen LogP contribution in [0.15, 0.2) is 23.1 Å². The normalized spacial score (nSPS) is 26.0. The van der Waals surface area contributed by atoms with Crippen LogP contribution in [-0.4, -0.2) is 23.1 Å². The summed E-state index contributed by atoms with van der Waals surface area (Å²) < 4.78 is 38.4. The van der Waals surface area contributed by atoms with Crippen LogP contribution in [0, 0.1) is 5.92 Å². The van der Waals surface area contributed by atoms with Gasteiger partial charge in [0.15, 0.2) is 0 Å². The molecule has 1 aromatic rings. The van der Waals surface area contributed by atoms with Gasteiger partial charge in [-0.15, -0.1) is 11.8 Å². The van der Waals surface area contributed by atoms with Crippen molar-refractivity contribution in [1.82, 2.24) is 5.32 Å². The molecule has 1 heterocycles. The van der Waals surface area contributed by atoms with Gasteiger partial charge in [-0.2, -0.15) is 13.2 Å². The van der Waals surface area contributed by atoms with Crippen molar-refractivity contribution in [2.24, 2.45) is 5.92 Å². The molecular weight excluding hydrogens is 365 g/mol. The lowest BCUT2D eigenvalue weighted by Gasteiger charge is -2.30. The first-order valence-corrected chi connectivity index (χ1v) is 9.60. The van der Waals surface area contributed by atoms with Crippen LogP contribution in [0.2, 0.25) is 0 Å². The molecule has 1 aliphatic heterocycles. The molecule has 1 saturated carbocycles. The number of rotatable bonds is 3. The molecule has 3 rings (SSSR count). The minimum atomic E-state index is -4.46. The summed E-state index contributed by atoms with van der Waals surface area (Å²) in [7, 11) is 0. The van der Waals surface area contributed by atoms with Gasteiger partial charge in [0.2, 0.25) is 11.8 Å². The van der Waals surface area contributed by atoms with Crippen LogP contribution >= 0.6 is 11.8 Å². The van der Waals surface area contributed by atoms with Crippen molar-refractivity contribution in [3.05, 3.63) is 23.8 Å². The van der Waals surface area contributed by atoms with Gasteiger partial charge in [-0.3, -0.25) is 9.59 Å². The van der Waals surface area contributed by atoms with Crippen molar-refractivity contribution >= 4 is 29.3 Å². The monoisotopic (exact) mass is 386 g/mol. The summed E-state index contributed by atoms with van der Waals surface area (Å²) in [6.45, 7) is 2.11. The SMILES string of the molecule is CC1CCCCC1NC(=O)CC1Sc2ccc(C(F)(F)F)cc2NC1=O. The van der Waals surface area contributed by atoms with Crippen LogP contribution in [0.1, 0.15) is 44.6 Å². The summed E-state index contributed by atoms with van der Waals surface area (Å²) in [4.78, 5) is 25.1. The maximum absolute atomic E-state index is 12.8. The fourth-order valence-electron chi connectivity index (χ4n) is 3.43. The molecule has 142 valence electrons. The van der Waals surface area contributed by atoms with Crippen LogP contribution in [0.3, 0.4) is 0 Å². The molecule has 8 heteroatoms. The fourth-order valence-corrected chi connectivity index (χ4v) is 4.52. The molecule has 2 aliphatic rings. The number of nitrogens with one attached hydrogen (secondary N) is 2. The molecule has 0 saturated heterocycles. The Morgan fingerprint density at radius 3 is 2.73 bits per heavy atom. The smallest absolute Gasteiger partial charge is 0.353 e. The van der Waals surface area contributed by atoms with E-state index in [2.05, 4.69) is 17.6 Å². The van der Waals surface area contributed by atoms with E-state index in [1.807, 2.05) is 0 Å². The average Bonchev–Trinajstić information content (AvgIpc) is 2.56. The van der Waals surface area contributed by atoms with Crippen LogP contribution in [0.4, 0.5) is 18.9 Å². The van der Waals surface area contributed by atoms with E-state index in [0.717, 1.165) is 43.2 Å². The van der Waals surface area contributed by atoms with E-state index >= 15 is 0 Å². The third-order valence-electron chi connectivity index (χ3n) is 4.96. The van der Waals surface area contributed by atoms with Gasteiger partial charge in [0.1, 0.15) is 0 Å². The van der Waals surface area contributed by atoms with E-state index in [4.69, 9.17) is 0 Å². The van der Waals surface area contributed by atoms with E-state index < -0.39 is 22.9 Å². The number of thioether (sulfide) groups is 1. The Balaban J connectivity index is 1.64. The molecule has 0 aromatic heterocycles. The van der Waals surface area contributed by atoms with Gasteiger partial charge in [-0.05, 0) is 37.0 Å². The largest absolute Gasteiger partial charge is 0.416 e. The Kier molecular flexibility index (Phi) is 5.50. The maximum atomic E-state index is 12.8. The number of amides is 2. The van der Waals surface area contributed by atoms with Gasteiger partial charge in [-0.25, -0.2) is 0 Å². The summed E-state index contributed by atoms with van der Waals surface area (Å²) in [6.07, 6.45) is -0.162. The van der Waals surface area contributed by atoms with Gasteiger partial charge < -0.3 is 10.6 Å². The number of benzene rings is 1. The van der Waals surface area contributed by atoms with Gasteiger partial charge in [0, 0.05) is 17.4 Å². The molecule has 3 atom stereocenters. The second-order valence-electron chi connectivity index (χ2n) is 6.94. The van der Waals surface area contributed by atoms with E-state index in [9.17, 15) is 22.8 Å². The Morgan fingerprint density at radius 2 is 2.04 bits per heavy atom. The lowest BCUT2D eigenvalue weighted by Crippen LogP contribution is -2.43. The first-order chi connectivity index (χ1) is 12.2. The van der Waals surface area contributed by atoms with Gasteiger partial charge in [0.25, 0.3) is 0 Å². The van der Waals surface area contributed by atoms with Crippen LogP contribution < -0.4 is 10.6 Å². The number of carbonyl (C=O) groups is 2. The van der Waals surface area contributed by atoms with Crippen molar-refractivity contribution in [2.75, 3.05) is 5.32 Å². The molecule has 1 aromatic carbocycles. The number of hydrogen-bond donors (Lipinski definition) is 2. The lowest BCUT2D eigenvalue weighted by molar-refractivity contribution is -0.137. The Labute approximate surface area is 154 Å². The van der Waals surface area contributed by atoms with E-state index in [1.165, 1.54) is 12.5 Å². The number of hydrogen-bond acceptors (Lipinski definition) is 3. The summed E-state index contributed by atoms with van der Waals surface area (Å²) in [5.41, 5.74) is -0.660. The predicted octanol–water partition coefficient (Wildman–Crippen LogP) is 4.20. The highest BCUT2D eigenvalue weighted by Crippen LogP contribution is 2.40. The summed E-state index contributed by atoms with van der Waals surface area (Å²) >= 11 is 1.14. The summed E-state index contributed by atoms with van der Waals surface area (Å²) in [5.74, 6) is -0.206. The average molecular weight is 386 g/mol. The number of alkyl halides is 3. The van der Waals surface area contributed by atoms with Crippen LogP contribution in [0.25, 0.3) is 0 Å². The molecule has 3 unspecified atom stereocenters. The van der Waals surface area contributed by atoms with E-state index in [-0.39, 0.29) is 24.1 Å². The highest BCUT2D eigenvalue weighted by molar-refractivity contribution is 8.01. The first kappa shape index (κ1) is 19.1. The Bertz CT molecular complexity index is 708. The first-order valence-electron chi connectivity index (χ1n) is 8.72. The fraction of sp³-hybridized carbons (Fsp3) is 0.556. The van der Waals surface area contributed by atoms with Gasteiger partial charge in [0.05, 0.1) is 16.5 Å². The lowest BCUT2D eigenvalue weighted by atomic mass is 9.86. The molecule has 26 heavy (non-hydrogen) atoms. The van der Waals surface area contributed by atoms with Crippen LogP contribution in [0.5, 0.6) is 0 Å². The maximum Gasteiger partial charge on any atom is 0.416 e. The highest BCUT2D eigenvalue weighted by Gasteiger charge is 2.34. The minimum absolute atomic E-state index is 0.0141. The zero-order valence-corrected chi connectivity index (χ0v) is 15.2. The van der Waals surface area contributed by atoms with Crippen molar-refractivity contribution in [3.8, 4) is 0 Å². The molecule has 4 nitrogen and oxygen atoms in total. The molecular formula is C18H21F3N2O2S. The van der Waals surface area contributed by atoms with Crippen molar-refractivity contribution in [3.63, 3.8) is 0 Å². The minimum Gasteiger partial charge on any atom is -0.353 e. The van der Waals surface area contributed by atoms with Gasteiger partial charge >= 0.3 is 6.18 Å². The third-order valence-corrected chi connectivity index (χ3v) is 6.23. The summed E-state index contributed by atoms with van der Waals surface area (Å²) in [5, 5.41) is 4.87.